The van der Waals surface area contributed by atoms with Gasteiger partial charge in [-0.3, -0.25) is 14.6 Å². The van der Waals surface area contributed by atoms with Gasteiger partial charge in [0.1, 0.15) is 5.69 Å². The van der Waals surface area contributed by atoms with Crippen LogP contribution in [-0.2, 0) is 6.54 Å². The lowest BCUT2D eigenvalue weighted by Gasteiger charge is -2.21. The second-order valence-corrected chi connectivity index (χ2v) is 5.38. The van der Waals surface area contributed by atoms with E-state index in [1.165, 1.54) is 6.92 Å². The van der Waals surface area contributed by atoms with Gasteiger partial charge in [-0.1, -0.05) is 0 Å². The van der Waals surface area contributed by atoms with Crippen LogP contribution in [0.15, 0.2) is 36.8 Å². The van der Waals surface area contributed by atoms with E-state index in [2.05, 4.69) is 9.97 Å². The number of hydrogen-bond acceptors (Lipinski definition) is 3. The number of H-pyrrole nitrogens is 1. The van der Waals surface area contributed by atoms with Crippen LogP contribution >= 0.6 is 0 Å². The number of aromatic nitrogens is 2. The number of amides is 1. The first-order chi connectivity index (χ1) is 10.1. The predicted molar refractivity (Wildman–Crippen MR) is 77.9 cm³/mol. The fraction of sp³-hybridized carbons (Fsp3) is 0.312. The van der Waals surface area contributed by atoms with Crippen molar-refractivity contribution < 1.29 is 9.59 Å². The lowest BCUT2D eigenvalue weighted by Crippen LogP contribution is -2.32. The van der Waals surface area contributed by atoms with E-state index in [0.717, 1.165) is 18.4 Å². The van der Waals surface area contributed by atoms with Gasteiger partial charge in [-0.05, 0) is 43.5 Å². The first-order valence-corrected chi connectivity index (χ1v) is 7.04. The molecular weight excluding hydrogens is 266 g/mol. The molecule has 1 saturated carbocycles. The quantitative estimate of drug-likeness (QED) is 0.857. The maximum absolute atomic E-state index is 12.6. The summed E-state index contributed by atoms with van der Waals surface area (Å²) in [6.07, 6.45) is 7.13. The van der Waals surface area contributed by atoms with Crippen LogP contribution in [0.1, 0.15) is 46.2 Å². The van der Waals surface area contributed by atoms with Gasteiger partial charge < -0.3 is 9.88 Å². The summed E-state index contributed by atoms with van der Waals surface area (Å²) in [5, 5.41) is 0. The molecule has 5 heteroatoms. The highest BCUT2D eigenvalue weighted by molar-refractivity contribution is 5.99. The highest BCUT2D eigenvalue weighted by Gasteiger charge is 2.33. The van der Waals surface area contributed by atoms with Crippen molar-refractivity contribution in [1.82, 2.24) is 14.9 Å². The van der Waals surface area contributed by atoms with Crippen molar-refractivity contribution >= 4 is 11.7 Å². The highest BCUT2D eigenvalue weighted by Crippen LogP contribution is 2.29. The van der Waals surface area contributed by atoms with Gasteiger partial charge in [0.25, 0.3) is 5.91 Å². The molecule has 2 heterocycles. The van der Waals surface area contributed by atoms with Gasteiger partial charge in [0.05, 0.1) is 0 Å². The van der Waals surface area contributed by atoms with Gasteiger partial charge in [0, 0.05) is 36.7 Å². The third-order valence-electron chi connectivity index (χ3n) is 3.67. The lowest BCUT2D eigenvalue weighted by molar-refractivity contribution is 0.0724. The van der Waals surface area contributed by atoms with Crippen LogP contribution in [0.4, 0.5) is 0 Å². The number of pyridine rings is 1. The SMILES string of the molecule is CC(=O)c1c[nH]c(C(=O)N(Cc2ccncc2)C2CC2)c1. The van der Waals surface area contributed by atoms with E-state index in [4.69, 9.17) is 0 Å². The molecule has 0 aromatic carbocycles. The van der Waals surface area contributed by atoms with E-state index in [9.17, 15) is 9.59 Å². The molecule has 0 atom stereocenters. The molecule has 0 radical (unpaired) electrons. The lowest BCUT2D eigenvalue weighted by atomic mass is 10.2. The van der Waals surface area contributed by atoms with E-state index >= 15 is 0 Å². The fourth-order valence-corrected chi connectivity index (χ4v) is 2.31. The van der Waals surface area contributed by atoms with Crippen LogP contribution < -0.4 is 0 Å². The molecule has 1 aliphatic carbocycles. The number of rotatable bonds is 5. The Kier molecular flexibility index (Phi) is 3.56. The number of carbonyl (C=O) groups excluding carboxylic acids is 2. The molecule has 1 fully saturated rings. The maximum Gasteiger partial charge on any atom is 0.270 e. The second-order valence-electron chi connectivity index (χ2n) is 5.38. The summed E-state index contributed by atoms with van der Waals surface area (Å²) in [6.45, 7) is 2.06. The molecular formula is C16H17N3O2. The van der Waals surface area contributed by atoms with Crippen LogP contribution in [0.3, 0.4) is 0 Å². The molecule has 0 saturated heterocycles. The van der Waals surface area contributed by atoms with Crippen molar-refractivity contribution in [2.45, 2.75) is 32.4 Å². The molecule has 1 aliphatic rings. The van der Waals surface area contributed by atoms with Gasteiger partial charge in [-0.15, -0.1) is 0 Å². The standard InChI is InChI=1S/C16H17N3O2/c1-11(20)13-8-15(18-9-13)16(21)19(14-2-3-14)10-12-4-6-17-7-5-12/h4-9,14,18H,2-3,10H2,1H3. The number of Topliss-reactive ketones (excluding diaryl/α,β-unsaturated/α-hetero) is 1. The number of carbonyl (C=O) groups is 2. The summed E-state index contributed by atoms with van der Waals surface area (Å²) in [5.41, 5.74) is 2.07. The van der Waals surface area contributed by atoms with Crippen LogP contribution in [0.25, 0.3) is 0 Å². The van der Waals surface area contributed by atoms with Crippen molar-refractivity contribution in [1.29, 1.82) is 0 Å². The van der Waals surface area contributed by atoms with Crippen LogP contribution in [-0.4, -0.2) is 32.6 Å². The molecule has 1 N–H and O–H groups in total. The van der Waals surface area contributed by atoms with Crippen molar-refractivity contribution in [3.8, 4) is 0 Å². The molecule has 0 bridgehead atoms. The first kappa shape index (κ1) is 13.5. The second kappa shape index (κ2) is 5.52. The largest absolute Gasteiger partial charge is 0.356 e. The molecule has 21 heavy (non-hydrogen) atoms. The Labute approximate surface area is 123 Å². The Morgan fingerprint density at radius 2 is 2.05 bits per heavy atom. The molecule has 2 aromatic heterocycles. The number of nitrogens with one attached hydrogen (secondary N) is 1. The average Bonchev–Trinajstić information content (AvgIpc) is 3.20. The molecule has 1 amide bonds. The van der Waals surface area contributed by atoms with Crippen molar-refractivity contribution in [3.63, 3.8) is 0 Å². The van der Waals surface area contributed by atoms with E-state index in [1.54, 1.807) is 24.7 Å². The van der Waals surface area contributed by atoms with Gasteiger partial charge in [0.2, 0.25) is 0 Å². The normalized spacial score (nSPS) is 14.0. The molecule has 108 valence electrons. The molecule has 0 spiro atoms. The summed E-state index contributed by atoms with van der Waals surface area (Å²) < 4.78 is 0. The smallest absolute Gasteiger partial charge is 0.270 e. The summed E-state index contributed by atoms with van der Waals surface area (Å²) in [4.78, 5) is 32.7. The fourth-order valence-electron chi connectivity index (χ4n) is 2.31. The van der Waals surface area contributed by atoms with Crippen LogP contribution in [0.5, 0.6) is 0 Å². The highest BCUT2D eigenvalue weighted by atomic mass is 16.2. The van der Waals surface area contributed by atoms with E-state index in [1.807, 2.05) is 17.0 Å². The maximum atomic E-state index is 12.6. The minimum absolute atomic E-state index is 0.0441. The van der Waals surface area contributed by atoms with Crippen LogP contribution in [0, 0.1) is 0 Å². The Hall–Kier alpha value is -2.43. The van der Waals surface area contributed by atoms with Gasteiger partial charge in [-0.2, -0.15) is 0 Å². The molecule has 3 rings (SSSR count). The Balaban J connectivity index is 1.80. The topological polar surface area (TPSA) is 66.1 Å². The summed E-state index contributed by atoms with van der Waals surface area (Å²) >= 11 is 0. The average molecular weight is 283 g/mol. The third-order valence-corrected chi connectivity index (χ3v) is 3.67. The van der Waals surface area contributed by atoms with Crippen molar-refractivity contribution in [2.24, 2.45) is 0 Å². The summed E-state index contributed by atoms with van der Waals surface area (Å²) in [6, 6.07) is 5.76. The molecule has 2 aromatic rings. The van der Waals surface area contributed by atoms with Gasteiger partial charge in [-0.25, -0.2) is 0 Å². The number of nitrogens with zero attached hydrogens (tertiary/aromatic N) is 2. The number of hydrogen-bond donors (Lipinski definition) is 1. The van der Waals surface area contributed by atoms with Gasteiger partial charge in [0.15, 0.2) is 5.78 Å². The van der Waals surface area contributed by atoms with E-state index in [0.29, 0.717) is 23.8 Å². The zero-order valence-electron chi connectivity index (χ0n) is 11.9. The monoisotopic (exact) mass is 283 g/mol. The van der Waals surface area contributed by atoms with E-state index in [-0.39, 0.29) is 11.7 Å². The number of ketones is 1. The zero-order chi connectivity index (χ0) is 14.8. The van der Waals surface area contributed by atoms with E-state index < -0.39 is 0 Å². The van der Waals surface area contributed by atoms with Crippen molar-refractivity contribution in [3.05, 3.63) is 53.6 Å². The van der Waals surface area contributed by atoms with Crippen LogP contribution in [0.2, 0.25) is 0 Å². The molecule has 0 aliphatic heterocycles. The Bertz CT molecular complexity index is 659. The Morgan fingerprint density at radius 3 is 2.62 bits per heavy atom. The molecule has 5 nitrogen and oxygen atoms in total. The first-order valence-electron chi connectivity index (χ1n) is 7.04. The van der Waals surface area contributed by atoms with Crippen molar-refractivity contribution in [2.75, 3.05) is 0 Å². The minimum Gasteiger partial charge on any atom is -0.356 e. The predicted octanol–water partition coefficient (Wildman–Crippen LogP) is 2.42. The number of aromatic amines is 1. The molecule has 0 unspecified atom stereocenters. The zero-order valence-corrected chi connectivity index (χ0v) is 11.9. The van der Waals surface area contributed by atoms with Gasteiger partial charge >= 0.3 is 0 Å². The summed E-state index contributed by atoms with van der Waals surface area (Å²) in [5.74, 6) is -0.0979. The third kappa shape index (κ3) is 3.02. The minimum atomic E-state index is -0.0539. The summed E-state index contributed by atoms with van der Waals surface area (Å²) in [7, 11) is 0. The Morgan fingerprint density at radius 1 is 1.33 bits per heavy atom.